The van der Waals surface area contributed by atoms with E-state index in [1.165, 1.54) is 6.20 Å². The van der Waals surface area contributed by atoms with E-state index in [2.05, 4.69) is 15.1 Å². The van der Waals surface area contributed by atoms with E-state index in [4.69, 9.17) is 41.9 Å². The molecule has 3 aromatic heterocycles. The van der Waals surface area contributed by atoms with Crippen LogP contribution in [0, 0.1) is 5.41 Å². The molecule has 0 aromatic carbocycles. The van der Waals surface area contributed by atoms with Crippen molar-refractivity contribution in [3.05, 3.63) is 51.7 Å². The number of fused-ring (bicyclic) bond motifs is 3. The fourth-order valence-electron chi connectivity index (χ4n) is 6.51. The summed E-state index contributed by atoms with van der Waals surface area (Å²) in [6, 6.07) is 1.68. The van der Waals surface area contributed by atoms with Gasteiger partial charge in [-0.3, -0.25) is 4.98 Å². The van der Waals surface area contributed by atoms with Crippen LogP contribution in [-0.2, 0) is 11.3 Å². The average molecular weight is 615 g/mol. The van der Waals surface area contributed by atoms with Crippen LogP contribution in [0.4, 0.5) is 0 Å². The molecular weight excluding hydrogens is 581 g/mol. The summed E-state index contributed by atoms with van der Waals surface area (Å²) < 4.78 is 24.7. The Hall–Kier alpha value is -2.88. The smallest absolute Gasteiger partial charge is 0.358 e. The number of aromatic carboxylic acids is 1. The maximum Gasteiger partial charge on any atom is 0.358 e. The van der Waals surface area contributed by atoms with Crippen LogP contribution in [0.5, 0.6) is 11.5 Å². The van der Waals surface area contributed by atoms with Gasteiger partial charge in [0.15, 0.2) is 11.4 Å². The first kappa shape index (κ1) is 27.9. The number of pyridine rings is 2. The lowest BCUT2D eigenvalue weighted by Gasteiger charge is -2.52. The summed E-state index contributed by atoms with van der Waals surface area (Å²) in [5, 5.41) is 14.8. The van der Waals surface area contributed by atoms with E-state index in [-0.39, 0.29) is 28.6 Å². The number of halogens is 2. The molecule has 3 aromatic rings. The lowest BCUT2D eigenvalue weighted by molar-refractivity contribution is -0.150. The summed E-state index contributed by atoms with van der Waals surface area (Å²) in [4.78, 5) is 19.9. The highest BCUT2D eigenvalue weighted by Gasteiger charge is 2.50. The van der Waals surface area contributed by atoms with Gasteiger partial charge in [0.05, 0.1) is 41.2 Å². The molecule has 11 heteroatoms. The van der Waals surface area contributed by atoms with Crippen molar-refractivity contribution in [1.29, 1.82) is 0 Å². The van der Waals surface area contributed by atoms with Gasteiger partial charge in [-0.15, -0.1) is 0 Å². The Morgan fingerprint density at radius 3 is 2.36 bits per heavy atom. The topological polar surface area (TPSA) is 117 Å². The largest absolute Gasteiger partial charge is 0.491 e. The van der Waals surface area contributed by atoms with Gasteiger partial charge in [-0.25, -0.2) is 9.78 Å². The van der Waals surface area contributed by atoms with Gasteiger partial charge in [0, 0.05) is 40.9 Å². The van der Waals surface area contributed by atoms with Crippen LogP contribution >= 0.6 is 23.2 Å². The third kappa shape index (κ3) is 5.35. The van der Waals surface area contributed by atoms with Crippen molar-refractivity contribution in [3.8, 4) is 22.8 Å². The van der Waals surface area contributed by atoms with Crippen molar-refractivity contribution in [2.45, 2.75) is 94.9 Å². The van der Waals surface area contributed by atoms with Gasteiger partial charge < -0.3 is 23.8 Å². The van der Waals surface area contributed by atoms with Crippen molar-refractivity contribution in [2.24, 2.45) is 5.41 Å². The molecule has 0 atom stereocenters. The first-order valence-corrected chi connectivity index (χ1v) is 15.5. The molecule has 5 fully saturated rings. The van der Waals surface area contributed by atoms with Gasteiger partial charge in [0.1, 0.15) is 17.2 Å². The summed E-state index contributed by atoms with van der Waals surface area (Å²) in [6.45, 7) is 0.954. The van der Waals surface area contributed by atoms with Gasteiger partial charge in [-0.1, -0.05) is 28.4 Å². The molecular formula is C31H33Cl2N3O6. The fraction of sp³-hybridized carbons (Fsp3) is 0.548. The second-order valence-electron chi connectivity index (χ2n) is 12.4. The van der Waals surface area contributed by atoms with Gasteiger partial charge in [-0.2, -0.15) is 0 Å². The van der Waals surface area contributed by atoms with Gasteiger partial charge >= 0.3 is 5.97 Å². The van der Waals surface area contributed by atoms with Crippen LogP contribution in [0.15, 0.2) is 29.2 Å². The number of hydrogen-bond acceptors (Lipinski definition) is 8. The molecule has 0 amide bonds. The van der Waals surface area contributed by atoms with Crippen molar-refractivity contribution in [1.82, 2.24) is 15.1 Å². The SMILES string of the molecule is O=C(O)c1ncc(OCC23CCC(OCc4c(-c5c(Cl)cncc5Cl)noc4C4CC4)(CC2)CC3)cc1OC1CCC1. The number of ether oxygens (including phenoxy) is 3. The van der Waals surface area contributed by atoms with Gasteiger partial charge in [0.25, 0.3) is 0 Å². The molecule has 9 nitrogen and oxygen atoms in total. The number of carboxylic acids is 1. The van der Waals surface area contributed by atoms with Gasteiger partial charge in [-0.05, 0) is 70.6 Å². The van der Waals surface area contributed by atoms with Crippen molar-refractivity contribution in [2.75, 3.05) is 6.61 Å². The minimum atomic E-state index is -1.10. The zero-order valence-electron chi connectivity index (χ0n) is 23.2. The van der Waals surface area contributed by atoms with Crippen LogP contribution in [0.1, 0.15) is 98.4 Å². The molecule has 0 aliphatic heterocycles. The molecule has 1 N–H and O–H groups in total. The molecule has 0 radical (unpaired) electrons. The quantitative estimate of drug-likeness (QED) is 0.233. The van der Waals surface area contributed by atoms with Crippen molar-refractivity contribution in [3.63, 3.8) is 0 Å². The molecule has 42 heavy (non-hydrogen) atoms. The second kappa shape index (κ2) is 11.0. The maximum absolute atomic E-state index is 11.6. The Labute approximate surface area is 253 Å². The number of carboxylic acid groups (broad SMARTS) is 1. The zero-order valence-corrected chi connectivity index (χ0v) is 24.8. The lowest BCUT2D eigenvalue weighted by Crippen LogP contribution is -2.49. The number of nitrogens with zero attached hydrogens (tertiary/aromatic N) is 3. The van der Waals surface area contributed by atoms with Gasteiger partial charge in [0.2, 0.25) is 0 Å². The summed E-state index contributed by atoms with van der Waals surface area (Å²) in [5.74, 6) is 0.976. The van der Waals surface area contributed by atoms with E-state index < -0.39 is 5.97 Å². The monoisotopic (exact) mass is 613 g/mol. The van der Waals surface area contributed by atoms with Crippen LogP contribution in [0.3, 0.4) is 0 Å². The van der Waals surface area contributed by atoms with E-state index in [1.54, 1.807) is 18.5 Å². The molecule has 5 aliphatic carbocycles. The Kier molecular flexibility index (Phi) is 7.31. The molecule has 0 saturated heterocycles. The third-order valence-electron chi connectivity index (χ3n) is 9.63. The molecule has 2 bridgehead atoms. The molecule has 0 spiro atoms. The van der Waals surface area contributed by atoms with Crippen molar-refractivity contribution < 1.29 is 28.6 Å². The molecule has 5 saturated carbocycles. The maximum atomic E-state index is 11.6. The van der Waals surface area contributed by atoms with Crippen molar-refractivity contribution >= 4 is 29.2 Å². The fourth-order valence-corrected chi connectivity index (χ4v) is 7.05. The highest BCUT2D eigenvalue weighted by molar-refractivity contribution is 6.38. The minimum absolute atomic E-state index is 0.0523. The molecule has 0 unspecified atom stereocenters. The number of aromatic nitrogens is 3. The highest BCUT2D eigenvalue weighted by atomic mass is 35.5. The van der Waals surface area contributed by atoms with E-state index >= 15 is 0 Å². The zero-order chi connectivity index (χ0) is 28.9. The predicted octanol–water partition coefficient (Wildman–Crippen LogP) is 7.63. The van der Waals surface area contributed by atoms with Crippen LogP contribution in [0.2, 0.25) is 10.0 Å². The first-order valence-electron chi connectivity index (χ1n) is 14.8. The Bertz CT molecular complexity index is 1460. The van der Waals surface area contributed by atoms with Crippen LogP contribution in [-0.4, -0.2) is 44.5 Å². The summed E-state index contributed by atoms with van der Waals surface area (Å²) in [5.41, 5.74) is 2.01. The van der Waals surface area contributed by atoms with Crippen LogP contribution in [0.25, 0.3) is 11.3 Å². The summed E-state index contributed by atoms with van der Waals surface area (Å²) in [7, 11) is 0. The molecule has 3 heterocycles. The second-order valence-corrected chi connectivity index (χ2v) is 13.2. The number of carbonyl (C=O) groups is 1. The lowest BCUT2D eigenvalue weighted by atomic mass is 9.59. The van der Waals surface area contributed by atoms with E-state index in [0.29, 0.717) is 46.2 Å². The first-order chi connectivity index (χ1) is 20.3. The highest BCUT2D eigenvalue weighted by Crippen LogP contribution is 2.55. The van der Waals surface area contributed by atoms with Crippen LogP contribution < -0.4 is 9.47 Å². The Morgan fingerprint density at radius 2 is 1.74 bits per heavy atom. The summed E-state index contributed by atoms with van der Waals surface area (Å²) in [6.07, 6.45) is 15.6. The number of hydrogen-bond donors (Lipinski definition) is 1. The third-order valence-corrected chi connectivity index (χ3v) is 10.2. The Balaban J connectivity index is 1.01. The predicted molar refractivity (Wildman–Crippen MR) is 154 cm³/mol. The Morgan fingerprint density at radius 1 is 1.02 bits per heavy atom. The standard InChI is InChI=1S/C31H33Cl2N3O6/c32-22-14-34-15-23(33)25(22)26-21(28(42-36-26)18-4-5-18)16-40-31-9-6-30(7-10-31,8-11-31)17-39-20-12-24(41-19-2-1-3-19)27(29(37)38)35-13-20/h12-15,18-19H,1-11,16-17H2,(H,37,38). The normalized spacial score (nSPS) is 25.3. The summed E-state index contributed by atoms with van der Waals surface area (Å²) >= 11 is 13.0. The minimum Gasteiger partial charge on any atom is -0.491 e. The molecule has 222 valence electrons. The van der Waals surface area contributed by atoms with E-state index in [1.807, 2.05) is 0 Å². The molecule has 5 aliphatic rings. The van der Waals surface area contributed by atoms with E-state index in [9.17, 15) is 9.90 Å². The number of rotatable bonds is 11. The molecule has 8 rings (SSSR count). The average Bonchev–Trinajstić information content (AvgIpc) is 3.73. The van der Waals surface area contributed by atoms with E-state index in [0.717, 1.165) is 82.0 Å².